The average molecular weight is 347 g/mol. The first-order chi connectivity index (χ1) is 12.0. The van der Waals surface area contributed by atoms with Gasteiger partial charge in [0.15, 0.2) is 0 Å². The van der Waals surface area contributed by atoms with Crippen molar-refractivity contribution in [3.05, 3.63) is 35.9 Å². The van der Waals surface area contributed by atoms with E-state index < -0.39 is 6.04 Å². The Morgan fingerprint density at radius 2 is 1.68 bits per heavy atom. The Kier molecular flexibility index (Phi) is 6.80. The minimum atomic E-state index is -0.592. The fraction of sp³-hybridized carbons (Fsp3) is 0.500. The molecule has 1 aliphatic heterocycles. The normalized spacial score (nSPS) is 15.4. The largest absolute Gasteiger partial charge is 0.450 e. The quantitative estimate of drug-likeness (QED) is 0.863. The summed E-state index contributed by atoms with van der Waals surface area (Å²) in [5.41, 5.74) is 0.905. The van der Waals surface area contributed by atoms with Crippen molar-refractivity contribution in [3.8, 4) is 0 Å². The van der Waals surface area contributed by atoms with Crippen molar-refractivity contribution in [1.82, 2.24) is 15.1 Å². The summed E-state index contributed by atoms with van der Waals surface area (Å²) in [6.45, 7) is 5.54. The third kappa shape index (κ3) is 5.48. The molecule has 1 aromatic rings. The maximum atomic E-state index is 12.5. The van der Waals surface area contributed by atoms with Gasteiger partial charge in [-0.3, -0.25) is 9.59 Å². The van der Waals surface area contributed by atoms with Crippen LogP contribution in [-0.2, 0) is 20.7 Å². The molecule has 3 amide bonds. The van der Waals surface area contributed by atoms with Crippen LogP contribution >= 0.6 is 0 Å². The number of hydrogen-bond donors (Lipinski definition) is 1. The van der Waals surface area contributed by atoms with E-state index in [-0.39, 0.29) is 24.3 Å². The Labute approximate surface area is 147 Å². The molecule has 7 heteroatoms. The molecule has 0 unspecified atom stereocenters. The number of benzene rings is 1. The van der Waals surface area contributed by atoms with E-state index in [1.165, 1.54) is 0 Å². The van der Waals surface area contributed by atoms with Crippen LogP contribution in [0.3, 0.4) is 0 Å². The lowest BCUT2D eigenvalue weighted by Gasteiger charge is -2.35. The van der Waals surface area contributed by atoms with Gasteiger partial charge in [0.2, 0.25) is 11.8 Å². The highest BCUT2D eigenvalue weighted by Crippen LogP contribution is 2.06. The smallest absolute Gasteiger partial charge is 0.409 e. The summed E-state index contributed by atoms with van der Waals surface area (Å²) < 4.78 is 4.96. The predicted octanol–water partition coefficient (Wildman–Crippen LogP) is 1.03. The van der Waals surface area contributed by atoms with E-state index in [0.29, 0.717) is 32.8 Å². The minimum Gasteiger partial charge on any atom is -0.450 e. The van der Waals surface area contributed by atoms with Gasteiger partial charge in [0, 0.05) is 26.2 Å². The van der Waals surface area contributed by atoms with Gasteiger partial charge >= 0.3 is 6.09 Å². The second kappa shape index (κ2) is 9.05. The number of ether oxygens (including phenoxy) is 1. The van der Waals surface area contributed by atoms with Crippen LogP contribution in [0.5, 0.6) is 0 Å². The first-order valence-electron chi connectivity index (χ1n) is 8.55. The van der Waals surface area contributed by atoms with E-state index in [2.05, 4.69) is 5.32 Å². The molecule has 1 heterocycles. The molecule has 25 heavy (non-hydrogen) atoms. The van der Waals surface area contributed by atoms with Crippen molar-refractivity contribution in [2.45, 2.75) is 26.3 Å². The van der Waals surface area contributed by atoms with Gasteiger partial charge in [-0.05, 0) is 19.4 Å². The highest BCUT2D eigenvalue weighted by Gasteiger charge is 2.28. The highest BCUT2D eigenvalue weighted by atomic mass is 16.6. The van der Waals surface area contributed by atoms with Crippen LogP contribution in [0.25, 0.3) is 0 Å². The van der Waals surface area contributed by atoms with E-state index >= 15 is 0 Å². The molecule has 1 fully saturated rings. The molecule has 1 atom stereocenters. The first kappa shape index (κ1) is 18.8. The average Bonchev–Trinajstić information content (AvgIpc) is 2.62. The molecule has 0 bridgehead atoms. The number of carbonyl (C=O) groups excluding carboxylic acids is 3. The molecule has 1 N–H and O–H groups in total. The molecule has 0 aromatic heterocycles. The predicted molar refractivity (Wildman–Crippen MR) is 92.9 cm³/mol. The van der Waals surface area contributed by atoms with Gasteiger partial charge in [0.25, 0.3) is 0 Å². The number of carbonyl (C=O) groups is 3. The number of rotatable bonds is 5. The SMILES string of the molecule is CCOC(=O)N1CCN(C(=O)[C@@H](C)NC(=O)Cc2ccccc2)CC1. The summed E-state index contributed by atoms with van der Waals surface area (Å²) in [7, 11) is 0. The zero-order chi connectivity index (χ0) is 18.2. The van der Waals surface area contributed by atoms with Gasteiger partial charge in [-0.15, -0.1) is 0 Å². The lowest BCUT2D eigenvalue weighted by molar-refractivity contribution is -0.137. The van der Waals surface area contributed by atoms with Crippen molar-refractivity contribution in [3.63, 3.8) is 0 Å². The Morgan fingerprint density at radius 3 is 2.28 bits per heavy atom. The summed E-state index contributed by atoms with van der Waals surface area (Å²) in [6, 6.07) is 8.80. The van der Waals surface area contributed by atoms with E-state index in [9.17, 15) is 14.4 Å². The summed E-state index contributed by atoms with van der Waals surface area (Å²) >= 11 is 0. The minimum absolute atomic E-state index is 0.134. The fourth-order valence-corrected chi connectivity index (χ4v) is 2.73. The molecule has 7 nitrogen and oxygen atoms in total. The van der Waals surface area contributed by atoms with Gasteiger partial charge in [-0.1, -0.05) is 30.3 Å². The number of hydrogen-bond acceptors (Lipinski definition) is 4. The molecule has 0 spiro atoms. The molecule has 1 saturated heterocycles. The third-order valence-electron chi connectivity index (χ3n) is 4.07. The van der Waals surface area contributed by atoms with Gasteiger partial charge in [-0.25, -0.2) is 4.79 Å². The molecule has 0 radical (unpaired) electrons. The maximum Gasteiger partial charge on any atom is 0.409 e. The molecule has 0 aliphatic carbocycles. The fourth-order valence-electron chi connectivity index (χ4n) is 2.73. The summed E-state index contributed by atoms with van der Waals surface area (Å²) in [6.07, 6.45) is -0.103. The molecule has 1 aliphatic rings. The molecular weight excluding hydrogens is 322 g/mol. The highest BCUT2D eigenvalue weighted by molar-refractivity contribution is 5.88. The van der Waals surface area contributed by atoms with Crippen molar-refractivity contribution < 1.29 is 19.1 Å². The van der Waals surface area contributed by atoms with Crippen LogP contribution in [0.4, 0.5) is 4.79 Å². The summed E-state index contributed by atoms with van der Waals surface area (Å²) in [4.78, 5) is 39.5. The lowest BCUT2D eigenvalue weighted by atomic mass is 10.1. The Morgan fingerprint density at radius 1 is 1.08 bits per heavy atom. The maximum absolute atomic E-state index is 12.5. The van der Waals surface area contributed by atoms with Gasteiger partial charge in [0.05, 0.1) is 13.0 Å². The van der Waals surface area contributed by atoms with Gasteiger partial charge in [-0.2, -0.15) is 0 Å². The van der Waals surface area contributed by atoms with Crippen molar-refractivity contribution in [1.29, 1.82) is 0 Å². The van der Waals surface area contributed by atoms with Crippen molar-refractivity contribution in [2.75, 3.05) is 32.8 Å². The number of nitrogens with one attached hydrogen (secondary N) is 1. The Hall–Kier alpha value is -2.57. The molecule has 136 valence electrons. The second-order valence-corrected chi connectivity index (χ2v) is 5.96. The standard InChI is InChI=1S/C18H25N3O4/c1-3-25-18(24)21-11-9-20(10-12-21)17(23)14(2)19-16(22)13-15-7-5-4-6-8-15/h4-8,14H,3,9-13H2,1-2H3,(H,19,22)/t14-/m1/s1. The van der Waals surface area contributed by atoms with Gasteiger partial charge in [0.1, 0.15) is 6.04 Å². The zero-order valence-corrected chi connectivity index (χ0v) is 14.7. The van der Waals surface area contributed by atoms with Crippen LogP contribution in [-0.4, -0.2) is 66.5 Å². The van der Waals surface area contributed by atoms with Crippen LogP contribution in [0.2, 0.25) is 0 Å². The van der Waals surface area contributed by atoms with Gasteiger partial charge < -0.3 is 19.9 Å². The second-order valence-electron chi connectivity index (χ2n) is 5.96. The topological polar surface area (TPSA) is 79.0 Å². The number of piperazine rings is 1. The monoisotopic (exact) mass is 347 g/mol. The summed E-state index contributed by atoms with van der Waals surface area (Å²) in [5, 5.41) is 2.74. The van der Waals surface area contributed by atoms with E-state index in [0.717, 1.165) is 5.56 Å². The number of nitrogens with zero attached hydrogens (tertiary/aromatic N) is 2. The van der Waals surface area contributed by atoms with E-state index in [4.69, 9.17) is 4.74 Å². The number of amides is 3. The lowest BCUT2D eigenvalue weighted by Crippen LogP contribution is -2.55. The Balaban J connectivity index is 1.78. The van der Waals surface area contributed by atoms with Crippen LogP contribution in [0.1, 0.15) is 19.4 Å². The van der Waals surface area contributed by atoms with Crippen LogP contribution in [0, 0.1) is 0 Å². The van der Waals surface area contributed by atoms with Crippen LogP contribution < -0.4 is 5.32 Å². The molecule has 1 aromatic carbocycles. The third-order valence-corrected chi connectivity index (χ3v) is 4.07. The van der Waals surface area contributed by atoms with E-state index in [1.54, 1.807) is 23.6 Å². The van der Waals surface area contributed by atoms with Crippen molar-refractivity contribution >= 4 is 17.9 Å². The first-order valence-corrected chi connectivity index (χ1v) is 8.55. The molecule has 0 saturated carbocycles. The zero-order valence-electron chi connectivity index (χ0n) is 14.7. The van der Waals surface area contributed by atoms with Crippen molar-refractivity contribution in [2.24, 2.45) is 0 Å². The van der Waals surface area contributed by atoms with E-state index in [1.807, 2.05) is 30.3 Å². The Bertz CT molecular complexity index is 598. The molecular formula is C18H25N3O4. The van der Waals surface area contributed by atoms with Crippen LogP contribution in [0.15, 0.2) is 30.3 Å². The summed E-state index contributed by atoms with van der Waals surface area (Å²) in [5.74, 6) is -0.317. The molecule has 2 rings (SSSR count).